The summed E-state index contributed by atoms with van der Waals surface area (Å²) in [6.07, 6.45) is 3.70. The van der Waals surface area contributed by atoms with Crippen LogP contribution in [0, 0.1) is 0 Å². The second kappa shape index (κ2) is 10.9. The van der Waals surface area contributed by atoms with Crippen molar-refractivity contribution >= 4 is 38.9 Å². The summed E-state index contributed by atoms with van der Waals surface area (Å²) in [5.41, 5.74) is 5.61. The van der Waals surface area contributed by atoms with E-state index in [0.29, 0.717) is 30.4 Å². The summed E-state index contributed by atoms with van der Waals surface area (Å²) in [5, 5.41) is 13.8. The van der Waals surface area contributed by atoms with E-state index in [-0.39, 0.29) is 16.6 Å². The molecule has 0 aliphatic carbocycles. The molecule has 12 heteroatoms. The van der Waals surface area contributed by atoms with E-state index in [0.717, 1.165) is 17.0 Å². The van der Waals surface area contributed by atoms with Crippen molar-refractivity contribution in [3.63, 3.8) is 0 Å². The molecule has 2 aromatic heterocycles. The number of nitrogens with zero attached hydrogens (tertiary/aromatic N) is 3. The van der Waals surface area contributed by atoms with Crippen molar-refractivity contribution in [2.24, 2.45) is 10.7 Å². The Bertz CT molecular complexity index is 952. The maximum absolute atomic E-state index is 12.5. The second-order valence-corrected chi connectivity index (χ2v) is 6.38. The van der Waals surface area contributed by atoms with E-state index in [9.17, 15) is 9.59 Å². The summed E-state index contributed by atoms with van der Waals surface area (Å²) in [6.45, 7) is 2.73. The van der Waals surface area contributed by atoms with E-state index in [2.05, 4.69) is 25.8 Å². The van der Waals surface area contributed by atoms with Crippen LogP contribution < -0.4 is 26.7 Å². The number of nitrogens with one attached hydrogen (secondary N) is 2. The van der Waals surface area contributed by atoms with E-state index >= 15 is 0 Å². The third-order valence-electron chi connectivity index (χ3n) is 3.48. The highest BCUT2D eigenvalue weighted by atomic mass is 32.1. The second-order valence-electron chi connectivity index (χ2n) is 5.42. The molecule has 0 aliphatic heterocycles. The predicted octanol–water partition coefficient (Wildman–Crippen LogP) is 1.77. The van der Waals surface area contributed by atoms with Gasteiger partial charge in [0.25, 0.3) is 5.91 Å². The number of allylic oxidation sites excluding steroid dienone is 1. The van der Waals surface area contributed by atoms with Gasteiger partial charge in [-0.2, -0.15) is 0 Å². The van der Waals surface area contributed by atoms with Crippen molar-refractivity contribution < 1.29 is 18.7 Å². The zero-order valence-corrected chi connectivity index (χ0v) is 17.0. The summed E-state index contributed by atoms with van der Waals surface area (Å²) in [6, 6.07) is 1.37. The number of hydrogen-bond donors (Lipinski definition) is 3. The van der Waals surface area contributed by atoms with Crippen molar-refractivity contribution in [1.29, 1.82) is 0 Å². The average molecular weight is 422 g/mol. The summed E-state index contributed by atoms with van der Waals surface area (Å²) in [5.74, 6) is -0.912. The largest absolute Gasteiger partial charge is 0.488 e. The van der Waals surface area contributed by atoms with Crippen LogP contribution in [0.25, 0.3) is 0 Å². The lowest BCUT2D eigenvalue weighted by molar-refractivity contribution is 0.0991. The standard InChI is InChI=1S/C17H22N6O5S/c1-4-10(5-6-18)20-16-22-23-17(29-16)21-14(24)12-9-11(19-7-8-26-2)13(27-3)15(25)28-12/h5-6,9,19H,4,7-8,18H2,1-3H3,(H,21,23,24)/b6-5-,20-10+. The first-order valence-corrected chi connectivity index (χ1v) is 9.39. The van der Waals surface area contributed by atoms with Crippen LogP contribution in [-0.2, 0) is 4.74 Å². The Labute approximate surface area is 170 Å². The highest BCUT2D eigenvalue weighted by molar-refractivity contribution is 7.18. The topological polar surface area (TPSA) is 154 Å². The summed E-state index contributed by atoms with van der Waals surface area (Å²) >= 11 is 1.07. The third-order valence-corrected chi connectivity index (χ3v) is 4.22. The molecule has 0 atom stereocenters. The van der Waals surface area contributed by atoms with Crippen LogP contribution >= 0.6 is 11.3 Å². The van der Waals surface area contributed by atoms with E-state index in [1.54, 1.807) is 13.2 Å². The van der Waals surface area contributed by atoms with Crippen LogP contribution in [0.1, 0.15) is 23.9 Å². The number of carbonyl (C=O) groups excluding carboxylic acids is 1. The van der Waals surface area contributed by atoms with E-state index in [4.69, 9.17) is 19.6 Å². The lowest BCUT2D eigenvalue weighted by Crippen LogP contribution is -2.18. The van der Waals surface area contributed by atoms with Gasteiger partial charge in [-0.15, -0.1) is 10.2 Å². The first-order valence-electron chi connectivity index (χ1n) is 8.58. The minimum atomic E-state index is -0.788. The van der Waals surface area contributed by atoms with Crippen molar-refractivity contribution in [1.82, 2.24) is 10.2 Å². The Morgan fingerprint density at radius 3 is 2.86 bits per heavy atom. The summed E-state index contributed by atoms with van der Waals surface area (Å²) < 4.78 is 15.0. The van der Waals surface area contributed by atoms with E-state index in [1.807, 2.05) is 6.92 Å². The molecule has 11 nitrogen and oxygen atoms in total. The molecule has 0 aliphatic rings. The van der Waals surface area contributed by atoms with Crippen LogP contribution in [0.4, 0.5) is 16.0 Å². The summed E-state index contributed by atoms with van der Waals surface area (Å²) in [7, 11) is 2.88. The van der Waals surface area contributed by atoms with Crippen molar-refractivity contribution in [3.8, 4) is 5.75 Å². The van der Waals surface area contributed by atoms with Gasteiger partial charge in [0.15, 0.2) is 5.76 Å². The zero-order chi connectivity index (χ0) is 21.2. The van der Waals surface area contributed by atoms with Gasteiger partial charge in [0.2, 0.25) is 16.0 Å². The molecule has 0 saturated heterocycles. The molecule has 2 aromatic rings. The van der Waals surface area contributed by atoms with Gasteiger partial charge < -0.3 is 24.9 Å². The zero-order valence-electron chi connectivity index (χ0n) is 16.2. The van der Waals surface area contributed by atoms with E-state index < -0.39 is 11.5 Å². The Balaban J connectivity index is 2.19. The van der Waals surface area contributed by atoms with Crippen LogP contribution in [0.2, 0.25) is 0 Å². The van der Waals surface area contributed by atoms with Crippen molar-refractivity contribution in [2.75, 3.05) is 38.0 Å². The number of ether oxygens (including phenoxy) is 2. The molecule has 0 aromatic carbocycles. The fourth-order valence-electron chi connectivity index (χ4n) is 2.14. The number of methoxy groups -OCH3 is 2. The smallest absolute Gasteiger partial charge is 0.381 e. The first-order chi connectivity index (χ1) is 14.0. The molecule has 0 spiro atoms. The van der Waals surface area contributed by atoms with Crippen LogP contribution in [0.15, 0.2) is 32.5 Å². The molecule has 1 amide bonds. The molecule has 0 fully saturated rings. The number of hydrogen-bond acceptors (Lipinski definition) is 11. The Morgan fingerprint density at radius 1 is 1.41 bits per heavy atom. The minimum Gasteiger partial charge on any atom is -0.488 e. The van der Waals surface area contributed by atoms with Gasteiger partial charge in [0, 0.05) is 25.4 Å². The highest BCUT2D eigenvalue weighted by Crippen LogP contribution is 2.25. The van der Waals surface area contributed by atoms with Crippen molar-refractivity contribution in [2.45, 2.75) is 13.3 Å². The number of nitrogens with two attached hydrogens (primary N) is 1. The third kappa shape index (κ3) is 6.12. The summed E-state index contributed by atoms with van der Waals surface area (Å²) in [4.78, 5) is 28.9. The molecule has 4 N–H and O–H groups in total. The lowest BCUT2D eigenvalue weighted by atomic mass is 10.3. The SMILES string of the molecule is CCC(/C=C\N)=N\c1nnc(NC(=O)c2cc(NCCOC)c(OC)c(=O)o2)s1. The van der Waals surface area contributed by atoms with E-state index in [1.165, 1.54) is 19.4 Å². The van der Waals surface area contributed by atoms with Crippen LogP contribution in [0.5, 0.6) is 5.75 Å². The average Bonchev–Trinajstić information content (AvgIpc) is 3.14. The molecule has 156 valence electrons. The minimum absolute atomic E-state index is 0.0368. The molecular weight excluding hydrogens is 400 g/mol. The molecule has 0 radical (unpaired) electrons. The molecular formula is C17H22N6O5S. The van der Waals surface area contributed by atoms with Crippen LogP contribution in [0.3, 0.4) is 0 Å². The molecule has 0 unspecified atom stereocenters. The fraction of sp³-hybridized carbons (Fsp3) is 0.353. The van der Waals surface area contributed by atoms with Gasteiger partial charge in [-0.05, 0) is 18.7 Å². The molecule has 2 heterocycles. The van der Waals surface area contributed by atoms with Gasteiger partial charge in [-0.3, -0.25) is 10.1 Å². The maximum atomic E-state index is 12.5. The maximum Gasteiger partial charge on any atom is 0.381 e. The van der Waals surface area contributed by atoms with Gasteiger partial charge in [-0.1, -0.05) is 18.3 Å². The number of amides is 1. The monoisotopic (exact) mass is 422 g/mol. The van der Waals surface area contributed by atoms with Crippen molar-refractivity contribution in [3.05, 3.63) is 34.5 Å². The number of anilines is 2. The number of rotatable bonds is 10. The Kier molecular flexibility index (Phi) is 8.30. The fourth-order valence-corrected chi connectivity index (χ4v) is 2.79. The highest BCUT2D eigenvalue weighted by Gasteiger charge is 2.18. The molecule has 0 saturated carbocycles. The molecule has 0 bridgehead atoms. The van der Waals surface area contributed by atoms with Gasteiger partial charge in [0.1, 0.15) is 0 Å². The number of aliphatic imine (C=N–C) groups is 1. The normalized spacial score (nSPS) is 11.6. The van der Waals surface area contributed by atoms with Gasteiger partial charge in [-0.25, -0.2) is 9.79 Å². The predicted molar refractivity (Wildman–Crippen MR) is 110 cm³/mol. The Morgan fingerprint density at radius 2 is 2.21 bits per heavy atom. The number of carbonyl (C=O) groups is 1. The quantitative estimate of drug-likeness (QED) is 0.384. The lowest BCUT2D eigenvalue weighted by Gasteiger charge is -2.10. The van der Waals surface area contributed by atoms with Gasteiger partial charge in [0.05, 0.1) is 19.4 Å². The molecule has 29 heavy (non-hydrogen) atoms. The number of aromatic nitrogens is 2. The first kappa shape index (κ1) is 22.0. The Hall–Kier alpha value is -3.25. The molecule has 2 rings (SSSR count). The van der Waals surface area contributed by atoms with Crippen LogP contribution in [-0.4, -0.2) is 49.2 Å². The van der Waals surface area contributed by atoms with Gasteiger partial charge >= 0.3 is 5.63 Å².